The van der Waals surface area contributed by atoms with Crippen LogP contribution in [0.5, 0.6) is 0 Å². The van der Waals surface area contributed by atoms with Gasteiger partial charge in [-0.15, -0.1) is 0 Å². The molecular weight excluding hydrogens is 244 g/mol. The summed E-state index contributed by atoms with van der Waals surface area (Å²) in [5.41, 5.74) is 4.50. The molecule has 0 aliphatic heterocycles. The molecule has 1 heterocycles. The fourth-order valence-electron chi connectivity index (χ4n) is 2.67. The van der Waals surface area contributed by atoms with Crippen LogP contribution in [0.2, 0.25) is 0 Å². The van der Waals surface area contributed by atoms with Crippen LogP contribution >= 0.6 is 0 Å². The van der Waals surface area contributed by atoms with Crippen molar-refractivity contribution >= 4 is 21.8 Å². The SMILES string of the molecule is Cc1cccc(-c2nc3c(ccc4ccccc43)[nH]2)c1. The lowest BCUT2D eigenvalue weighted by Gasteiger charge is -1.97. The van der Waals surface area contributed by atoms with Gasteiger partial charge in [0, 0.05) is 10.9 Å². The molecule has 20 heavy (non-hydrogen) atoms. The van der Waals surface area contributed by atoms with Crippen molar-refractivity contribution < 1.29 is 0 Å². The van der Waals surface area contributed by atoms with Gasteiger partial charge in [-0.05, 0) is 24.4 Å². The molecule has 0 spiro atoms. The Bertz CT molecular complexity index is 919. The lowest BCUT2D eigenvalue weighted by atomic mass is 10.1. The van der Waals surface area contributed by atoms with E-state index in [2.05, 4.69) is 72.6 Å². The average Bonchev–Trinajstić information content (AvgIpc) is 2.92. The van der Waals surface area contributed by atoms with Crippen molar-refractivity contribution in [3.8, 4) is 11.4 Å². The minimum absolute atomic E-state index is 0.931. The molecule has 0 amide bonds. The lowest BCUT2D eigenvalue weighted by Crippen LogP contribution is -1.81. The number of hydrogen-bond acceptors (Lipinski definition) is 1. The number of aromatic nitrogens is 2. The Kier molecular flexibility index (Phi) is 2.36. The molecule has 1 N–H and O–H groups in total. The van der Waals surface area contributed by atoms with Crippen LogP contribution < -0.4 is 0 Å². The molecule has 4 rings (SSSR count). The first-order valence-corrected chi connectivity index (χ1v) is 6.76. The van der Waals surface area contributed by atoms with Gasteiger partial charge in [-0.3, -0.25) is 0 Å². The second kappa shape index (κ2) is 4.20. The Hall–Kier alpha value is -2.61. The molecule has 3 aromatic carbocycles. The predicted molar refractivity (Wildman–Crippen MR) is 83.8 cm³/mol. The van der Waals surface area contributed by atoms with E-state index in [1.807, 2.05) is 0 Å². The van der Waals surface area contributed by atoms with Crippen molar-refractivity contribution in [3.63, 3.8) is 0 Å². The highest BCUT2D eigenvalue weighted by molar-refractivity contribution is 6.04. The molecule has 96 valence electrons. The standard InChI is InChI=1S/C18H14N2/c1-12-5-4-7-14(11-12)18-19-16-10-9-13-6-2-3-8-15(13)17(16)20-18/h2-11H,1H3,(H,19,20). The minimum Gasteiger partial charge on any atom is -0.338 e. The number of H-pyrrole nitrogens is 1. The monoisotopic (exact) mass is 258 g/mol. The number of aromatic amines is 1. The van der Waals surface area contributed by atoms with E-state index in [9.17, 15) is 0 Å². The van der Waals surface area contributed by atoms with Gasteiger partial charge in [0.2, 0.25) is 0 Å². The first-order chi connectivity index (χ1) is 9.81. The van der Waals surface area contributed by atoms with Crippen molar-refractivity contribution in [2.24, 2.45) is 0 Å². The van der Waals surface area contributed by atoms with Crippen LogP contribution in [0, 0.1) is 6.92 Å². The largest absolute Gasteiger partial charge is 0.338 e. The van der Waals surface area contributed by atoms with Crippen LogP contribution in [0.3, 0.4) is 0 Å². The molecule has 4 aromatic rings. The zero-order valence-corrected chi connectivity index (χ0v) is 11.2. The Morgan fingerprint density at radius 1 is 0.900 bits per heavy atom. The third kappa shape index (κ3) is 1.69. The van der Waals surface area contributed by atoms with Gasteiger partial charge in [0.15, 0.2) is 0 Å². The molecule has 0 saturated carbocycles. The normalized spacial score (nSPS) is 11.2. The van der Waals surface area contributed by atoms with Crippen molar-refractivity contribution in [3.05, 3.63) is 66.2 Å². The molecule has 2 nitrogen and oxygen atoms in total. The van der Waals surface area contributed by atoms with Gasteiger partial charge in [-0.25, -0.2) is 4.98 Å². The van der Waals surface area contributed by atoms with Gasteiger partial charge >= 0.3 is 0 Å². The van der Waals surface area contributed by atoms with Crippen molar-refractivity contribution in [1.82, 2.24) is 9.97 Å². The van der Waals surface area contributed by atoms with Crippen LogP contribution in [0.4, 0.5) is 0 Å². The fraction of sp³-hybridized carbons (Fsp3) is 0.0556. The maximum Gasteiger partial charge on any atom is 0.138 e. The zero-order valence-electron chi connectivity index (χ0n) is 11.2. The third-order valence-electron chi connectivity index (χ3n) is 3.67. The number of aryl methyl sites for hydroxylation is 1. The molecule has 0 atom stereocenters. The Morgan fingerprint density at radius 2 is 1.80 bits per heavy atom. The van der Waals surface area contributed by atoms with E-state index < -0.39 is 0 Å². The number of nitrogens with zero attached hydrogens (tertiary/aromatic N) is 1. The van der Waals surface area contributed by atoms with Gasteiger partial charge in [0.1, 0.15) is 5.82 Å². The summed E-state index contributed by atoms with van der Waals surface area (Å²) in [5.74, 6) is 0.931. The molecule has 0 aliphatic carbocycles. The number of benzene rings is 3. The summed E-state index contributed by atoms with van der Waals surface area (Å²) in [5, 5.41) is 2.42. The number of imidazole rings is 1. The van der Waals surface area contributed by atoms with E-state index >= 15 is 0 Å². The zero-order chi connectivity index (χ0) is 13.5. The summed E-state index contributed by atoms with van der Waals surface area (Å²) in [4.78, 5) is 8.22. The van der Waals surface area contributed by atoms with E-state index in [1.165, 1.54) is 16.3 Å². The summed E-state index contributed by atoms with van der Waals surface area (Å²) in [6.07, 6.45) is 0. The second-order valence-electron chi connectivity index (χ2n) is 5.14. The van der Waals surface area contributed by atoms with E-state index in [-0.39, 0.29) is 0 Å². The smallest absolute Gasteiger partial charge is 0.138 e. The van der Waals surface area contributed by atoms with Crippen LogP contribution in [0.1, 0.15) is 5.56 Å². The summed E-state index contributed by atoms with van der Waals surface area (Å²) < 4.78 is 0. The fourth-order valence-corrected chi connectivity index (χ4v) is 2.67. The average molecular weight is 258 g/mol. The maximum atomic E-state index is 4.80. The van der Waals surface area contributed by atoms with E-state index in [4.69, 9.17) is 4.98 Å². The molecule has 0 bridgehead atoms. The van der Waals surface area contributed by atoms with Gasteiger partial charge < -0.3 is 4.98 Å². The molecule has 0 aliphatic rings. The van der Waals surface area contributed by atoms with Gasteiger partial charge in [-0.1, -0.05) is 54.1 Å². The molecular formula is C18H14N2. The summed E-state index contributed by atoms with van der Waals surface area (Å²) in [6, 6.07) is 21.0. The first kappa shape index (κ1) is 11.2. The Morgan fingerprint density at radius 3 is 2.70 bits per heavy atom. The van der Waals surface area contributed by atoms with Crippen LogP contribution in [0.15, 0.2) is 60.7 Å². The first-order valence-electron chi connectivity index (χ1n) is 6.76. The van der Waals surface area contributed by atoms with Gasteiger partial charge in [0.05, 0.1) is 11.0 Å². The van der Waals surface area contributed by atoms with Crippen molar-refractivity contribution in [1.29, 1.82) is 0 Å². The number of nitrogens with one attached hydrogen (secondary N) is 1. The summed E-state index contributed by atoms with van der Waals surface area (Å²) in [6.45, 7) is 2.10. The quantitative estimate of drug-likeness (QED) is 0.527. The maximum absolute atomic E-state index is 4.80. The highest BCUT2D eigenvalue weighted by Crippen LogP contribution is 2.27. The number of fused-ring (bicyclic) bond motifs is 3. The van der Waals surface area contributed by atoms with Crippen molar-refractivity contribution in [2.45, 2.75) is 6.92 Å². The Labute approximate surface area is 117 Å². The summed E-state index contributed by atoms with van der Waals surface area (Å²) in [7, 11) is 0. The molecule has 0 saturated heterocycles. The molecule has 0 fully saturated rings. The topological polar surface area (TPSA) is 28.7 Å². The Balaban J connectivity index is 2.01. The van der Waals surface area contributed by atoms with Gasteiger partial charge in [-0.2, -0.15) is 0 Å². The van der Waals surface area contributed by atoms with Crippen LogP contribution in [-0.4, -0.2) is 9.97 Å². The van der Waals surface area contributed by atoms with E-state index in [0.717, 1.165) is 22.4 Å². The van der Waals surface area contributed by atoms with Gasteiger partial charge in [0.25, 0.3) is 0 Å². The van der Waals surface area contributed by atoms with Crippen LogP contribution in [0.25, 0.3) is 33.2 Å². The molecule has 1 aromatic heterocycles. The highest BCUT2D eigenvalue weighted by atomic mass is 14.9. The molecule has 2 heteroatoms. The summed E-state index contributed by atoms with van der Waals surface area (Å²) >= 11 is 0. The molecule has 0 radical (unpaired) electrons. The van der Waals surface area contributed by atoms with E-state index in [1.54, 1.807) is 0 Å². The second-order valence-corrected chi connectivity index (χ2v) is 5.14. The minimum atomic E-state index is 0.931. The number of hydrogen-bond donors (Lipinski definition) is 1. The lowest BCUT2D eigenvalue weighted by molar-refractivity contribution is 1.32. The molecule has 0 unspecified atom stereocenters. The third-order valence-corrected chi connectivity index (χ3v) is 3.67. The number of rotatable bonds is 1. The highest BCUT2D eigenvalue weighted by Gasteiger charge is 2.08. The van der Waals surface area contributed by atoms with E-state index in [0.29, 0.717) is 0 Å². The van der Waals surface area contributed by atoms with Crippen LogP contribution in [-0.2, 0) is 0 Å². The predicted octanol–water partition coefficient (Wildman–Crippen LogP) is 4.69. The van der Waals surface area contributed by atoms with Crippen molar-refractivity contribution in [2.75, 3.05) is 0 Å².